The molecular weight excluding hydrogens is 426 g/mol. The maximum atomic E-state index is 12.5. The average molecular weight is 452 g/mol. The van der Waals surface area contributed by atoms with Gasteiger partial charge in [-0.1, -0.05) is 32.0 Å². The Kier molecular flexibility index (Phi) is 5.70. The van der Waals surface area contributed by atoms with Crippen molar-refractivity contribution in [3.05, 3.63) is 84.7 Å². The second-order valence-corrected chi connectivity index (χ2v) is 8.38. The molecule has 0 atom stereocenters. The lowest BCUT2D eigenvalue weighted by Crippen LogP contribution is -2.19. The minimum atomic E-state index is -0.288. The molecule has 8 nitrogen and oxygen atoms in total. The van der Waals surface area contributed by atoms with Crippen LogP contribution in [0.4, 0.5) is 27.5 Å². The number of benzene rings is 3. The molecule has 5 aromatic rings. The monoisotopic (exact) mass is 451 g/mol. The van der Waals surface area contributed by atoms with Gasteiger partial charge in [-0.2, -0.15) is 10.2 Å². The lowest BCUT2D eigenvalue weighted by atomic mass is 10.0. The molecule has 2 aromatic heterocycles. The zero-order chi connectivity index (χ0) is 23.5. The van der Waals surface area contributed by atoms with Gasteiger partial charge in [0, 0.05) is 39.9 Å². The number of aromatic amines is 2. The highest BCUT2D eigenvalue weighted by Gasteiger charge is 2.10. The van der Waals surface area contributed by atoms with E-state index < -0.39 is 0 Å². The Labute approximate surface area is 196 Å². The van der Waals surface area contributed by atoms with Gasteiger partial charge in [-0.25, -0.2) is 4.79 Å². The number of H-pyrrole nitrogens is 2. The third-order valence-corrected chi connectivity index (χ3v) is 5.55. The fourth-order valence-electron chi connectivity index (χ4n) is 3.81. The normalized spacial score (nSPS) is 11.0. The molecule has 170 valence electrons. The summed E-state index contributed by atoms with van der Waals surface area (Å²) in [6, 6.07) is 21.2. The minimum Gasteiger partial charge on any atom is -0.355 e. The van der Waals surface area contributed by atoms with Crippen LogP contribution in [-0.4, -0.2) is 26.4 Å². The molecule has 0 radical (unpaired) electrons. The largest absolute Gasteiger partial charge is 0.355 e. The molecule has 2 amide bonds. The molecule has 0 aliphatic heterocycles. The van der Waals surface area contributed by atoms with Crippen molar-refractivity contribution < 1.29 is 4.79 Å². The molecular formula is C26H25N7O. The molecule has 0 spiro atoms. The number of rotatable bonds is 6. The van der Waals surface area contributed by atoms with E-state index >= 15 is 0 Å². The van der Waals surface area contributed by atoms with Crippen LogP contribution in [0.2, 0.25) is 0 Å². The Morgan fingerprint density at radius 1 is 0.882 bits per heavy atom. The van der Waals surface area contributed by atoms with Gasteiger partial charge in [0.25, 0.3) is 0 Å². The number of nitrogens with one attached hydrogen (secondary N) is 5. The summed E-state index contributed by atoms with van der Waals surface area (Å²) in [6.07, 6.45) is 3.56. The molecule has 34 heavy (non-hydrogen) atoms. The van der Waals surface area contributed by atoms with Gasteiger partial charge < -0.3 is 16.0 Å². The van der Waals surface area contributed by atoms with E-state index in [1.54, 1.807) is 6.20 Å². The summed E-state index contributed by atoms with van der Waals surface area (Å²) in [5, 5.41) is 24.5. The van der Waals surface area contributed by atoms with Crippen LogP contribution < -0.4 is 16.0 Å². The number of hydrogen-bond donors (Lipinski definition) is 5. The minimum absolute atomic E-state index is 0.288. The Hall–Kier alpha value is -4.59. The van der Waals surface area contributed by atoms with Crippen molar-refractivity contribution in [3.8, 4) is 11.3 Å². The average Bonchev–Trinajstić information content (AvgIpc) is 3.49. The maximum Gasteiger partial charge on any atom is 0.323 e. The third-order valence-electron chi connectivity index (χ3n) is 5.55. The molecule has 8 heteroatoms. The van der Waals surface area contributed by atoms with Crippen LogP contribution in [-0.2, 0) is 0 Å². The van der Waals surface area contributed by atoms with Crippen LogP contribution in [0, 0.1) is 0 Å². The van der Waals surface area contributed by atoms with Gasteiger partial charge in [0.15, 0.2) is 0 Å². The standard InChI is InChI=1S/C26H25N7O/c1-16(2)17-5-3-6-19(11-17)30-26(34)31-21-8-4-7-20(12-21)29-22-9-10-23-24(13-22)32-33-25(23)18-14-27-28-15-18/h3-16,29H,1-2H3,(H,27,28)(H,32,33)(H2,30,31,34). The Balaban J connectivity index is 1.27. The summed E-state index contributed by atoms with van der Waals surface area (Å²) in [7, 11) is 0. The molecule has 2 heterocycles. The molecule has 3 aromatic carbocycles. The van der Waals surface area contributed by atoms with Crippen LogP contribution >= 0.6 is 0 Å². The first-order valence-corrected chi connectivity index (χ1v) is 11.1. The van der Waals surface area contributed by atoms with E-state index in [4.69, 9.17) is 0 Å². The number of anilines is 4. The van der Waals surface area contributed by atoms with Crippen LogP contribution in [0.25, 0.3) is 22.2 Å². The second kappa shape index (κ2) is 9.11. The summed E-state index contributed by atoms with van der Waals surface area (Å²) in [6.45, 7) is 4.25. The van der Waals surface area contributed by atoms with Crippen LogP contribution in [0.5, 0.6) is 0 Å². The lowest BCUT2D eigenvalue weighted by Gasteiger charge is -2.12. The van der Waals surface area contributed by atoms with Crippen LogP contribution in [0.3, 0.4) is 0 Å². The number of amides is 2. The topological polar surface area (TPSA) is 111 Å². The van der Waals surface area contributed by atoms with Gasteiger partial charge in [0.1, 0.15) is 5.69 Å². The first-order chi connectivity index (χ1) is 16.5. The molecule has 0 aliphatic rings. The van der Waals surface area contributed by atoms with E-state index in [0.717, 1.165) is 39.2 Å². The molecule has 0 bridgehead atoms. The van der Waals surface area contributed by atoms with E-state index in [1.165, 1.54) is 5.56 Å². The maximum absolute atomic E-state index is 12.5. The van der Waals surface area contributed by atoms with Gasteiger partial charge in [-0.05, 0) is 60.0 Å². The summed E-state index contributed by atoms with van der Waals surface area (Å²) >= 11 is 0. The lowest BCUT2D eigenvalue weighted by molar-refractivity contribution is 0.262. The van der Waals surface area contributed by atoms with Crippen molar-refractivity contribution in [2.45, 2.75) is 19.8 Å². The van der Waals surface area contributed by atoms with Crippen molar-refractivity contribution in [2.24, 2.45) is 0 Å². The van der Waals surface area contributed by atoms with E-state index in [0.29, 0.717) is 11.6 Å². The first-order valence-electron chi connectivity index (χ1n) is 11.1. The fraction of sp³-hybridized carbons (Fsp3) is 0.115. The number of hydrogen-bond acceptors (Lipinski definition) is 4. The second-order valence-electron chi connectivity index (χ2n) is 8.38. The quantitative estimate of drug-likeness (QED) is 0.204. The predicted molar refractivity (Wildman–Crippen MR) is 137 cm³/mol. The number of nitrogens with zero attached hydrogens (tertiary/aromatic N) is 2. The van der Waals surface area contributed by atoms with E-state index in [1.807, 2.05) is 66.9 Å². The highest BCUT2D eigenvalue weighted by Crippen LogP contribution is 2.29. The van der Waals surface area contributed by atoms with E-state index in [2.05, 4.69) is 56.3 Å². The summed E-state index contributed by atoms with van der Waals surface area (Å²) in [4.78, 5) is 12.5. The zero-order valence-electron chi connectivity index (χ0n) is 18.9. The zero-order valence-corrected chi connectivity index (χ0v) is 18.9. The van der Waals surface area contributed by atoms with Crippen molar-refractivity contribution in [2.75, 3.05) is 16.0 Å². The van der Waals surface area contributed by atoms with Crippen LogP contribution in [0.1, 0.15) is 25.3 Å². The van der Waals surface area contributed by atoms with Crippen molar-refractivity contribution in [1.82, 2.24) is 20.4 Å². The smallest absolute Gasteiger partial charge is 0.323 e. The summed E-state index contributed by atoms with van der Waals surface area (Å²) in [5.41, 5.74) is 7.09. The van der Waals surface area contributed by atoms with Gasteiger partial charge in [0.05, 0.1) is 11.7 Å². The molecule has 5 rings (SSSR count). The van der Waals surface area contributed by atoms with E-state index in [-0.39, 0.29) is 6.03 Å². The molecule has 0 saturated heterocycles. The van der Waals surface area contributed by atoms with E-state index in [9.17, 15) is 4.79 Å². The van der Waals surface area contributed by atoms with Crippen LogP contribution in [0.15, 0.2) is 79.1 Å². The fourth-order valence-corrected chi connectivity index (χ4v) is 3.81. The van der Waals surface area contributed by atoms with Gasteiger partial charge in [-0.3, -0.25) is 10.2 Å². The molecule has 0 unspecified atom stereocenters. The molecule has 5 N–H and O–H groups in total. The SMILES string of the molecule is CC(C)c1cccc(NC(=O)Nc2cccc(Nc3ccc4c(-c5cn[nH]c5)n[nH]c4c3)c2)c1. The number of aromatic nitrogens is 4. The Morgan fingerprint density at radius 2 is 1.62 bits per heavy atom. The van der Waals surface area contributed by atoms with Gasteiger partial charge in [0.2, 0.25) is 0 Å². The highest BCUT2D eigenvalue weighted by molar-refractivity contribution is 6.00. The molecule has 0 fully saturated rings. The first kappa shape index (κ1) is 21.3. The predicted octanol–water partition coefficient (Wildman–Crippen LogP) is 6.46. The van der Waals surface area contributed by atoms with Gasteiger partial charge >= 0.3 is 6.03 Å². The Bertz CT molecular complexity index is 1440. The number of urea groups is 1. The van der Waals surface area contributed by atoms with Crippen molar-refractivity contribution in [1.29, 1.82) is 0 Å². The highest BCUT2D eigenvalue weighted by atomic mass is 16.2. The summed E-state index contributed by atoms with van der Waals surface area (Å²) in [5.74, 6) is 0.394. The van der Waals surface area contributed by atoms with Crippen molar-refractivity contribution in [3.63, 3.8) is 0 Å². The number of carbonyl (C=O) groups is 1. The van der Waals surface area contributed by atoms with Gasteiger partial charge in [-0.15, -0.1) is 0 Å². The Morgan fingerprint density at radius 3 is 2.38 bits per heavy atom. The third kappa shape index (κ3) is 4.61. The number of carbonyl (C=O) groups excluding carboxylic acids is 1. The van der Waals surface area contributed by atoms with Crippen molar-refractivity contribution >= 4 is 39.7 Å². The molecule has 0 aliphatic carbocycles. The summed E-state index contributed by atoms with van der Waals surface area (Å²) < 4.78 is 0. The number of fused-ring (bicyclic) bond motifs is 1. The molecule has 0 saturated carbocycles.